The Kier molecular flexibility index (Phi) is 6.36. The van der Waals surface area contributed by atoms with Crippen LogP contribution in [-0.2, 0) is 24.3 Å². The average molecular weight is 427 g/mol. The molecule has 2 heterocycles. The third-order valence-corrected chi connectivity index (χ3v) is 8.13. The lowest BCUT2D eigenvalue weighted by Gasteiger charge is -2.33. The maximum Gasteiger partial charge on any atom is 0.309 e. The van der Waals surface area contributed by atoms with E-state index in [1.807, 2.05) is 6.92 Å². The summed E-state index contributed by atoms with van der Waals surface area (Å²) >= 11 is 1.64. The Morgan fingerprint density at radius 1 is 1.25 bits per heavy atom. The van der Waals surface area contributed by atoms with Crippen LogP contribution < -0.4 is 4.90 Å². The number of esters is 1. The third kappa shape index (κ3) is 4.21. The number of amides is 1. The normalized spacial score (nSPS) is 21.2. The number of carbonyl (C=O) groups is 2. The van der Waals surface area contributed by atoms with Crippen LogP contribution in [0.15, 0.2) is 28.0 Å². The number of hydrogen-bond donors (Lipinski definition) is 0. The van der Waals surface area contributed by atoms with Crippen molar-refractivity contribution in [2.75, 3.05) is 31.1 Å². The van der Waals surface area contributed by atoms with E-state index in [0.29, 0.717) is 31.7 Å². The molecule has 0 bridgehead atoms. The van der Waals surface area contributed by atoms with Gasteiger partial charge in [0.1, 0.15) is 0 Å². The smallest absolute Gasteiger partial charge is 0.309 e. The molecule has 1 saturated heterocycles. The minimum absolute atomic E-state index is 0.0989. The second-order valence-corrected chi connectivity index (χ2v) is 10.5. The fourth-order valence-electron chi connectivity index (χ4n) is 3.62. The molecule has 1 atom stereocenters. The molecule has 2 aliphatic rings. The molecule has 28 heavy (non-hydrogen) atoms. The first-order chi connectivity index (χ1) is 13.2. The number of sulfonamides is 1. The Bertz CT molecular complexity index is 863. The van der Waals surface area contributed by atoms with Crippen molar-refractivity contribution in [1.82, 2.24) is 4.31 Å². The molecule has 1 amide bonds. The molecule has 0 unspecified atom stereocenters. The summed E-state index contributed by atoms with van der Waals surface area (Å²) in [7, 11) is -3.69. The van der Waals surface area contributed by atoms with Crippen LogP contribution in [0.5, 0.6) is 0 Å². The van der Waals surface area contributed by atoms with Gasteiger partial charge in [-0.2, -0.15) is 4.31 Å². The largest absolute Gasteiger partial charge is 0.466 e. The summed E-state index contributed by atoms with van der Waals surface area (Å²) in [5.41, 5.74) is 0.651. The van der Waals surface area contributed by atoms with Gasteiger partial charge in [0, 0.05) is 36.7 Å². The Morgan fingerprint density at radius 3 is 2.54 bits per heavy atom. The minimum Gasteiger partial charge on any atom is -0.466 e. The second-order valence-electron chi connectivity index (χ2n) is 7.12. The van der Waals surface area contributed by atoms with Crippen LogP contribution in [0.4, 0.5) is 5.69 Å². The molecule has 1 fully saturated rings. The van der Waals surface area contributed by atoms with E-state index in [0.717, 1.165) is 4.90 Å². The number of ether oxygens (including phenoxy) is 1. The highest BCUT2D eigenvalue weighted by molar-refractivity contribution is 8.00. The Hall–Kier alpha value is -1.58. The summed E-state index contributed by atoms with van der Waals surface area (Å²) in [6.07, 6.45) is 0.909. The summed E-state index contributed by atoms with van der Waals surface area (Å²) < 4.78 is 32.7. The van der Waals surface area contributed by atoms with E-state index in [1.54, 1.807) is 41.8 Å². The predicted octanol–water partition coefficient (Wildman–Crippen LogP) is 2.50. The van der Waals surface area contributed by atoms with E-state index in [4.69, 9.17) is 4.74 Å². The topological polar surface area (TPSA) is 84.0 Å². The Balaban J connectivity index is 1.81. The van der Waals surface area contributed by atoms with Gasteiger partial charge in [0.2, 0.25) is 15.9 Å². The number of hydrogen-bond acceptors (Lipinski definition) is 6. The standard InChI is InChI=1S/C19H26N2O5S2/c1-4-26-19(23)15-7-9-20(10-8-15)28(24,25)16-5-6-18-17(11-16)21(14(3)22)12-13(2)27-18/h5-6,11,13,15H,4,7-10,12H2,1-3H3/t13-/m0/s1. The highest BCUT2D eigenvalue weighted by atomic mass is 32.2. The van der Waals surface area contributed by atoms with E-state index in [9.17, 15) is 18.0 Å². The van der Waals surface area contributed by atoms with Crippen LogP contribution in [-0.4, -0.2) is 56.1 Å². The molecule has 2 aliphatic heterocycles. The van der Waals surface area contributed by atoms with E-state index in [-0.39, 0.29) is 41.0 Å². The van der Waals surface area contributed by atoms with Crippen molar-refractivity contribution in [1.29, 1.82) is 0 Å². The highest BCUT2D eigenvalue weighted by Gasteiger charge is 2.34. The van der Waals surface area contributed by atoms with Gasteiger partial charge in [-0.25, -0.2) is 8.42 Å². The van der Waals surface area contributed by atoms with Crippen molar-refractivity contribution in [2.45, 2.75) is 48.7 Å². The lowest BCUT2D eigenvalue weighted by molar-refractivity contribution is -0.149. The van der Waals surface area contributed by atoms with Crippen LogP contribution in [0, 0.1) is 5.92 Å². The maximum absolute atomic E-state index is 13.1. The van der Waals surface area contributed by atoms with Crippen molar-refractivity contribution in [2.24, 2.45) is 5.92 Å². The Morgan fingerprint density at radius 2 is 1.93 bits per heavy atom. The van der Waals surface area contributed by atoms with Gasteiger partial charge in [0.05, 0.1) is 23.1 Å². The lowest BCUT2D eigenvalue weighted by atomic mass is 9.98. The van der Waals surface area contributed by atoms with Crippen molar-refractivity contribution < 1.29 is 22.7 Å². The maximum atomic E-state index is 13.1. The molecule has 0 saturated carbocycles. The molecule has 7 nitrogen and oxygen atoms in total. The van der Waals surface area contributed by atoms with Crippen LogP contribution in [0.1, 0.15) is 33.6 Å². The molecular weight excluding hydrogens is 400 g/mol. The number of nitrogens with zero attached hydrogens (tertiary/aromatic N) is 2. The molecular formula is C19H26N2O5S2. The first kappa shape index (κ1) is 21.1. The SMILES string of the molecule is CCOC(=O)C1CCN(S(=O)(=O)c2ccc3c(c2)N(C(C)=O)C[C@H](C)S3)CC1. The van der Waals surface area contributed by atoms with Crippen LogP contribution in [0.2, 0.25) is 0 Å². The van der Waals surface area contributed by atoms with E-state index in [1.165, 1.54) is 11.2 Å². The molecule has 0 radical (unpaired) electrons. The van der Waals surface area contributed by atoms with Crippen LogP contribution >= 0.6 is 11.8 Å². The number of rotatable bonds is 4. The lowest BCUT2D eigenvalue weighted by Crippen LogP contribution is -2.41. The fourth-order valence-corrected chi connectivity index (χ4v) is 6.20. The second kappa shape index (κ2) is 8.42. The number of benzene rings is 1. The van der Waals surface area contributed by atoms with Gasteiger partial charge in [-0.05, 0) is 38.0 Å². The molecule has 0 aliphatic carbocycles. The number of fused-ring (bicyclic) bond motifs is 1. The van der Waals surface area contributed by atoms with Crippen LogP contribution in [0.3, 0.4) is 0 Å². The summed E-state index contributed by atoms with van der Waals surface area (Å²) in [5.74, 6) is -0.601. The van der Waals surface area contributed by atoms with Crippen molar-refractivity contribution in [3.8, 4) is 0 Å². The van der Waals surface area contributed by atoms with Gasteiger partial charge in [0.15, 0.2) is 0 Å². The number of piperidine rings is 1. The van der Waals surface area contributed by atoms with Crippen molar-refractivity contribution in [3.05, 3.63) is 18.2 Å². The zero-order valence-corrected chi connectivity index (χ0v) is 18.0. The van der Waals surface area contributed by atoms with Gasteiger partial charge in [-0.3, -0.25) is 9.59 Å². The summed E-state index contributed by atoms with van der Waals surface area (Å²) in [5, 5.41) is 0.251. The zero-order chi connectivity index (χ0) is 20.5. The number of carbonyl (C=O) groups excluding carboxylic acids is 2. The van der Waals surface area contributed by atoms with Gasteiger partial charge >= 0.3 is 5.97 Å². The van der Waals surface area contributed by atoms with E-state index in [2.05, 4.69) is 0 Å². The molecule has 0 aromatic heterocycles. The molecule has 0 N–H and O–H groups in total. The predicted molar refractivity (Wildman–Crippen MR) is 108 cm³/mol. The van der Waals surface area contributed by atoms with Gasteiger partial charge in [-0.1, -0.05) is 6.92 Å². The van der Waals surface area contributed by atoms with Crippen LogP contribution in [0.25, 0.3) is 0 Å². The minimum atomic E-state index is -3.69. The van der Waals surface area contributed by atoms with E-state index < -0.39 is 10.0 Å². The molecule has 1 aromatic carbocycles. The monoisotopic (exact) mass is 426 g/mol. The quantitative estimate of drug-likeness (QED) is 0.688. The summed E-state index contributed by atoms with van der Waals surface area (Å²) in [6, 6.07) is 4.99. The number of thioether (sulfide) groups is 1. The molecule has 9 heteroatoms. The third-order valence-electron chi connectivity index (χ3n) is 5.08. The van der Waals surface area contributed by atoms with Gasteiger partial charge in [0.25, 0.3) is 0 Å². The average Bonchev–Trinajstić information content (AvgIpc) is 2.67. The van der Waals surface area contributed by atoms with E-state index >= 15 is 0 Å². The van der Waals surface area contributed by atoms with Crippen molar-refractivity contribution in [3.63, 3.8) is 0 Å². The molecule has 1 aromatic rings. The first-order valence-corrected chi connectivity index (χ1v) is 11.8. The van der Waals surface area contributed by atoms with Crippen molar-refractivity contribution >= 4 is 39.3 Å². The zero-order valence-electron chi connectivity index (χ0n) is 16.4. The highest BCUT2D eigenvalue weighted by Crippen LogP contribution is 2.40. The fraction of sp³-hybridized carbons (Fsp3) is 0.579. The molecule has 0 spiro atoms. The summed E-state index contributed by atoms with van der Waals surface area (Å²) in [6.45, 7) is 6.75. The Labute approximate surface area is 170 Å². The van der Waals surface area contributed by atoms with Gasteiger partial charge in [-0.15, -0.1) is 11.8 Å². The molecule has 3 rings (SSSR count). The molecule has 154 valence electrons. The first-order valence-electron chi connectivity index (χ1n) is 9.49. The van der Waals surface area contributed by atoms with Gasteiger partial charge < -0.3 is 9.64 Å². The summed E-state index contributed by atoms with van der Waals surface area (Å²) in [4.78, 5) is 26.7. The number of anilines is 1.